The van der Waals surface area contributed by atoms with E-state index in [-0.39, 0.29) is 0 Å². The fraction of sp³-hybridized carbons (Fsp3) is 0.273. The zero-order valence-electron chi connectivity index (χ0n) is 7.26. The smallest absolute Gasteiger partial charge is 0.0215 e. The lowest BCUT2D eigenvalue weighted by Gasteiger charge is -1.96. The molecule has 0 unspecified atom stereocenters. The van der Waals surface area contributed by atoms with E-state index < -0.39 is 0 Å². The lowest BCUT2D eigenvalue weighted by Crippen LogP contribution is -1.78. The average molecular weight is 225 g/mol. The van der Waals surface area contributed by atoms with E-state index in [0.717, 1.165) is 11.8 Å². The van der Waals surface area contributed by atoms with Crippen LogP contribution < -0.4 is 0 Å². The minimum absolute atomic E-state index is 0.919. The van der Waals surface area contributed by atoms with Crippen LogP contribution in [0.25, 0.3) is 6.08 Å². The van der Waals surface area contributed by atoms with E-state index in [1.807, 2.05) is 0 Å². The van der Waals surface area contributed by atoms with Crippen LogP contribution in [-0.4, -0.2) is 5.33 Å². The van der Waals surface area contributed by atoms with Crippen LogP contribution in [0.5, 0.6) is 0 Å². The molecule has 0 aliphatic rings. The molecule has 0 saturated carbocycles. The van der Waals surface area contributed by atoms with Crippen LogP contribution in [0.1, 0.15) is 18.1 Å². The lowest BCUT2D eigenvalue weighted by atomic mass is 10.1. The molecule has 0 radical (unpaired) electrons. The van der Waals surface area contributed by atoms with Crippen LogP contribution in [0.3, 0.4) is 0 Å². The fourth-order valence-corrected chi connectivity index (χ4v) is 1.23. The summed E-state index contributed by atoms with van der Waals surface area (Å²) in [7, 11) is 0. The topological polar surface area (TPSA) is 0 Å². The summed E-state index contributed by atoms with van der Waals surface area (Å²) in [4.78, 5) is 0. The monoisotopic (exact) mass is 224 g/mol. The largest absolute Gasteiger partial charge is 0.0883 e. The van der Waals surface area contributed by atoms with Gasteiger partial charge in [0.25, 0.3) is 0 Å². The zero-order valence-corrected chi connectivity index (χ0v) is 8.84. The van der Waals surface area contributed by atoms with Gasteiger partial charge in [0.1, 0.15) is 0 Å². The molecule has 0 saturated heterocycles. The van der Waals surface area contributed by atoms with Gasteiger partial charge in [-0.3, -0.25) is 0 Å². The second-order valence-electron chi connectivity index (χ2n) is 2.65. The molecule has 1 heteroatoms. The molecule has 0 N–H and O–H groups in total. The molecule has 0 bridgehead atoms. The summed E-state index contributed by atoms with van der Waals surface area (Å²) in [5, 5.41) is 0.919. The number of hydrogen-bond acceptors (Lipinski definition) is 0. The quantitative estimate of drug-likeness (QED) is 0.688. The number of aryl methyl sites for hydroxylation is 1. The predicted molar refractivity (Wildman–Crippen MR) is 58.6 cm³/mol. The van der Waals surface area contributed by atoms with Crippen LogP contribution >= 0.6 is 15.9 Å². The van der Waals surface area contributed by atoms with Crippen molar-refractivity contribution in [3.8, 4) is 0 Å². The maximum absolute atomic E-state index is 3.35. The summed E-state index contributed by atoms with van der Waals surface area (Å²) >= 11 is 3.35. The first-order valence-corrected chi connectivity index (χ1v) is 5.30. The lowest BCUT2D eigenvalue weighted by molar-refractivity contribution is 1.14. The average Bonchev–Trinajstić information content (AvgIpc) is 2.15. The number of rotatable bonds is 3. The Morgan fingerprint density at radius 2 is 1.92 bits per heavy atom. The summed E-state index contributed by atoms with van der Waals surface area (Å²) in [6.07, 6.45) is 5.33. The van der Waals surface area contributed by atoms with Crippen molar-refractivity contribution < 1.29 is 0 Å². The first-order chi connectivity index (χ1) is 5.86. The molecule has 64 valence electrons. The van der Waals surface area contributed by atoms with Gasteiger partial charge in [-0.15, -0.1) is 0 Å². The molecule has 0 spiro atoms. The van der Waals surface area contributed by atoms with Gasteiger partial charge in [-0.05, 0) is 17.5 Å². The third-order valence-electron chi connectivity index (χ3n) is 1.79. The molecular weight excluding hydrogens is 212 g/mol. The maximum atomic E-state index is 3.35. The second-order valence-corrected chi connectivity index (χ2v) is 3.30. The molecule has 0 fully saturated rings. The van der Waals surface area contributed by atoms with Crippen molar-refractivity contribution in [2.24, 2.45) is 0 Å². The summed E-state index contributed by atoms with van der Waals surface area (Å²) in [6, 6.07) is 8.65. The van der Waals surface area contributed by atoms with Gasteiger partial charge in [0.2, 0.25) is 0 Å². The Bertz CT molecular complexity index is 246. The Morgan fingerprint density at radius 1 is 1.25 bits per heavy atom. The van der Waals surface area contributed by atoms with E-state index in [9.17, 15) is 0 Å². The highest BCUT2D eigenvalue weighted by atomic mass is 79.9. The van der Waals surface area contributed by atoms with Gasteiger partial charge in [-0.1, -0.05) is 59.3 Å². The molecule has 12 heavy (non-hydrogen) atoms. The number of hydrogen-bond donors (Lipinski definition) is 0. The Kier molecular flexibility index (Phi) is 4.09. The molecule has 0 nitrogen and oxygen atoms in total. The van der Waals surface area contributed by atoms with E-state index in [2.05, 4.69) is 59.3 Å². The Balaban J connectivity index is 2.71. The van der Waals surface area contributed by atoms with Gasteiger partial charge in [0.05, 0.1) is 0 Å². The first-order valence-electron chi connectivity index (χ1n) is 4.18. The van der Waals surface area contributed by atoms with Crippen molar-refractivity contribution in [1.29, 1.82) is 0 Å². The van der Waals surface area contributed by atoms with Crippen molar-refractivity contribution in [1.82, 2.24) is 0 Å². The van der Waals surface area contributed by atoms with E-state index in [1.165, 1.54) is 11.1 Å². The standard InChI is InChI=1S/C11H13Br/c1-2-10-5-7-11(8-6-10)4-3-9-12/h3-8H,2,9H2,1H3/b4-3+. The number of alkyl halides is 1. The van der Waals surface area contributed by atoms with Gasteiger partial charge >= 0.3 is 0 Å². The third kappa shape index (κ3) is 2.82. The highest BCUT2D eigenvalue weighted by Gasteiger charge is 1.87. The summed E-state index contributed by atoms with van der Waals surface area (Å²) in [5.74, 6) is 0. The maximum Gasteiger partial charge on any atom is 0.0215 e. The van der Waals surface area contributed by atoms with Gasteiger partial charge in [-0.25, -0.2) is 0 Å². The van der Waals surface area contributed by atoms with Gasteiger partial charge in [-0.2, -0.15) is 0 Å². The van der Waals surface area contributed by atoms with Crippen molar-refractivity contribution in [2.45, 2.75) is 13.3 Å². The van der Waals surface area contributed by atoms with E-state index >= 15 is 0 Å². The minimum Gasteiger partial charge on any atom is -0.0883 e. The molecule has 0 aliphatic heterocycles. The van der Waals surface area contributed by atoms with Gasteiger partial charge in [0.15, 0.2) is 0 Å². The van der Waals surface area contributed by atoms with E-state index in [1.54, 1.807) is 0 Å². The molecule has 1 aromatic rings. The molecule has 0 heterocycles. The highest BCUT2D eigenvalue weighted by molar-refractivity contribution is 9.09. The van der Waals surface area contributed by atoms with Crippen molar-refractivity contribution in [2.75, 3.05) is 5.33 Å². The molecule has 0 amide bonds. The second kappa shape index (κ2) is 5.15. The van der Waals surface area contributed by atoms with Gasteiger partial charge in [0, 0.05) is 5.33 Å². The first kappa shape index (κ1) is 9.53. The summed E-state index contributed by atoms with van der Waals surface area (Å²) in [6.45, 7) is 2.17. The number of benzene rings is 1. The molecule has 0 aliphatic carbocycles. The third-order valence-corrected chi connectivity index (χ3v) is 2.16. The molecule has 1 aromatic carbocycles. The van der Waals surface area contributed by atoms with Crippen LogP contribution in [0.2, 0.25) is 0 Å². The van der Waals surface area contributed by atoms with Crippen LogP contribution in [0, 0.1) is 0 Å². The van der Waals surface area contributed by atoms with E-state index in [0.29, 0.717) is 0 Å². The normalized spacial score (nSPS) is 10.8. The molecule has 0 aromatic heterocycles. The molecule has 0 atom stereocenters. The summed E-state index contributed by atoms with van der Waals surface area (Å²) in [5.41, 5.74) is 2.66. The predicted octanol–water partition coefficient (Wildman–Crippen LogP) is 3.66. The van der Waals surface area contributed by atoms with Crippen LogP contribution in [0.4, 0.5) is 0 Å². The minimum atomic E-state index is 0.919. The van der Waals surface area contributed by atoms with Crippen molar-refractivity contribution in [3.63, 3.8) is 0 Å². The molecular formula is C11H13Br. The number of halogens is 1. The Morgan fingerprint density at radius 3 is 2.42 bits per heavy atom. The highest BCUT2D eigenvalue weighted by Crippen LogP contribution is 2.06. The van der Waals surface area contributed by atoms with Crippen LogP contribution in [-0.2, 0) is 6.42 Å². The fourth-order valence-electron chi connectivity index (χ4n) is 1.05. The number of allylic oxidation sites excluding steroid dienone is 1. The summed E-state index contributed by atoms with van der Waals surface area (Å²) < 4.78 is 0. The van der Waals surface area contributed by atoms with Crippen LogP contribution in [0.15, 0.2) is 30.3 Å². The molecule has 1 rings (SSSR count). The Labute approximate surface area is 82.4 Å². The van der Waals surface area contributed by atoms with Gasteiger partial charge < -0.3 is 0 Å². The Hall–Kier alpha value is -0.560. The zero-order chi connectivity index (χ0) is 8.81. The van der Waals surface area contributed by atoms with Crippen molar-refractivity contribution in [3.05, 3.63) is 41.5 Å². The van der Waals surface area contributed by atoms with Crippen molar-refractivity contribution >= 4 is 22.0 Å². The SMILES string of the molecule is CCc1ccc(/C=C/CBr)cc1. The van der Waals surface area contributed by atoms with E-state index in [4.69, 9.17) is 0 Å².